The molecular weight excluding hydrogens is 413 g/mol. The molecule has 0 aliphatic heterocycles. The summed E-state index contributed by atoms with van der Waals surface area (Å²) in [6, 6.07) is 12.6. The molecule has 0 aliphatic carbocycles. The quantitative estimate of drug-likeness (QED) is 0.472. The van der Waals surface area contributed by atoms with E-state index in [0.29, 0.717) is 12.1 Å². The first kappa shape index (κ1) is 22.9. The number of aromatic nitrogens is 2. The third-order valence-electron chi connectivity index (χ3n) is 3.56. The van der Waals surface area contributed by atoms with Crippen molar-refractivity contribution in [1.29, 1.82) is 0 Å². The number of nitrogens with two attached hydrogens (primary N) is 1. The summed E-state index contributed by atoms with van der Waals surface area (Å²) in [6.07, 6.45) is 2.12. The second-order valence-electron chi connectivity index (χ2n) is 5.46. The lowest BCUT2D eigenvalue weighted by Crippen LogP contribution is -2.32. The van der Waals surface area contributed by atoms with Gasteiger partial charge in [-0.1, -0.05) is 12.1 Å². The number of H-pyrrole nitrogens is 1. The zero-order valence-electron chi connectivity index (χ0n) is 14.0. The van der Waals surface area contributed by atoms with Gasteiger partial charge in [0.25, 0.3) is 10.2 Å². The lowest BCUT2D eigenvalue weighted by atomic mass is 10.1. The van der Waals surface area contributed by atoms with Crippen molar-refractivity contribution in [1.82, 2.24) is 14.7 Å². The number of nitrogens with one attached hydrogen (secondary N) is 3. The van der Waals surface area contributed by atoms with Crippen LogP contribution in [0.15, 0.2) is 53.5 Å². The van der Waals surface area contributed by atoms with Crippen LogP contribution in [0.3, 0.4) is 0 Å². The van der Waals surface area contributed by atoms with Gasteiger partial charge in [-0.3, -0.25) is 4.79 Å². The van der Waals surface area contributed by atoms with E-state index in [9.17, 15) is 13.2 Å². The molecule has 0 atom stereocenters. The van der Waals surface area contributed by atoms with Crippen LogP contribution < -0.4 is 20.7 Å². The van der Waals surface area contributed by atoms with Gasteiger partial charge in [-0.15, -0.1) is 24.8 Å². The molecule has 146 valence electrons. The summed E-state index contributed by atoms with van der Waals surface area (Å²) in [6.45, 7) is 0.224. The number of benzene rings is 1. The van der Waals surface area contributed by atoms with Crippen LogP contribution in [0, 0.1) is 0 Å². The van der Waals surface area contributed by atoms with Crippen molar-refractivity contribution in [2.45, 2.75) is 6.42 Å². The van der Waals surface area contributed by atoms with E-state index in [1.54, 1.807) is 12.3 Å². The van der Waals surface area contributed by atoms with Crippen molar-refractivity contribution in [3.05, 3.63) is 64.6 Å². The van der Waals surface area contributed by atoms with E-state index >= 15 is 0 Å². The maximum atomic E-state index is 11.4. The number of rotatable bonds is 6. The van der Waals surface area contributed by atoms with Crippen LogP contribution in [0.25, 0.3) is 11.0 Å². The smallest absolute Gasteiger partial charge is 0.274 e. The van der Waals surface area contributed by atoms with Crippen molar-refractivity contribution in [3.8, 4) is 0 Å². The van der Waals surface area contributed by atoms with E-state index < -0.39 is 10.2 Å². The highest BCUT2D eigenvalue weighted by Gasteiger charge is 2.05. The van der Waals surface area contributed by atoms with Crippen LogP contribution in [0.4, 0.5) is 11.4 Å². The first-order chi connectivity index (χ1) is 11.9. The van der Waals surface area contributed by atoms with Gasteiger partial charge in [-0.2, -0.15) is 8.42 Å². The molecule has 0 saturated heterocycles. The monoisotopic (exact) mass is 431 g/mol. The van der Waals surface area contributed by atoms with Gasteiger partial charge in [0, 0.05) is 29.9 Å². The Morgan fingerprint density at radius 3 is 2.63 bits per heavy atom. The Bertz CT molecular complexity index is 1070. The number of fused-ring (bicyclic) bond motifs is 1. The number of hydrogen-bond acceptors (Lipinski definition) is 5. The highest BCUT2D eigenvalue weighted by atomic mass is 35.5. The molecule has 0 bridgehead atoms. The molecule has 3 aromatic rings. The van der Waals surface area contributed by atoms with E-state index in [0.717, 1.165) is 22.3 Å². The lowest BCUT2D eigenvalue weighted by Gasteiger charge is -2.10. The second kappa shape index (κ2) is 9.67. The number of nitrogens with zero attached hydrogens (tertiary/aromatic N) is 1. The van der Waals surface area contributed by atoms with Gasteiger partial charge in [-0.05, 0) is 36.2 Å². The zero-order chi connectivity index (χ0) is 17.9. The summed E-state index contributed by atoms with van der Waals surface area (Å²) < 4.78 is 24.1. The first-order valence-electron chi connectivity index (χ1n) is 7.52. The fourth-order valence-electron chi connectivity index (χ4n) is 2.47. The van der Waals surface area contributed by atoms with Crippen molar-refractivity contribution in [2.75, 3.05) is 11.9 Å². The van der Waals surface area contributed by atoms with Crippen LogP contribution in [0.1, 0.15) is 5.56 Å². The van der Waals surface area contributed by atoms with Crippen molar-refractivity contribution in [3.63, 3.8) is 0 Å². The number of aromatic amines is 1. The van der Waals surface area contributed by atoms with E-state index in [2.05, 4.69) is 20.0 Å². The Morgan fingerprint density at radius 2 is 1.89 bits per heavy atom. The standard InChI is InChI=1S/C16H17N5O3S.2ClH/c17-25(23,24)19-9-6-11-2-1-3-12(10-11)20-14-7-8-18-16-13(14)4-5-15(22)21-16;;/h1-5,7-8,10,19H,6,9H2,(H2,17,23,24)(H2,18,20,21,22);2*1H. The maximum Gasteiger partial charge on any atom is 0.274 e. The predicted octanol–water partition coefficient (Wildman–Crippen LogP) is 1.85. The van der Waals surface area contributed by atoms with Gasteiger partial charge in [0.1, 0.15) is 5.65 Å². The molecule has 0 spiro atoms. The van der Waals surface area contributed by atoms with Gasteiger partial charge in [0.05, 0.1) is 5.69 Å². The third-order valence-corrected chi connectivity index (χ3v) is 4.16. The van der Waals surface area contributed by atoms with Crippen LogP contribution in [-0.2, 0) is 16.6 Å². The van der Waals surface area contributed by atoms with Crippen LogP contribution in [0.2, 0.25) is 0 Å². The molecule has 1 aromatic carbocycles. The van der Waals surface area contributed by atoms with Crippen molar-refractivity contribution < 1.29 is 8.42 Å². The lowest BCUT2D eigenvalue weighted by molar-refractivity contribution is 0.583. The van der Waals surface area contributed by atoms with Gasteiger partial charge >= 0.3 is 0 Å². The summed E-state index contributed by atoms with van der Waals surface area (Å²) in [5, 5.41) is 9.00. The fraction of sp³-hybridized carbons (Fsp3) is 0.125. The van der Waals surface area contributed by atoms with Crippen LogP contribution in [0.5, 0.6) is 0 Å². The van der Waals surface area contributed by atoms with Gasteiger partial charge in [0.15, 0.2) is 0 Å². The predicted molar refractivity (Wildman–Crippen MR) is 111 cm³/mol. The largest absolute Gasteiger partial charge is 0.355 e. The Hall–Kier alpha value is -2.17. The SMILES string of the molecule is Cl.Cl.NS(=O)(=O)NCCc1cccc(Nc2ccnc3[nH]c(=O)ccc23)c1. The first-order valence-corrected chi connectivity index (χ1v) is 9.07. The number of halogens is 2. The van der Waals surface area contributed by atoms with Gasteiger partial charge in [0.2, 0.25) is 5.56 Å². The van der Waals surface area contributed by atoms with E-state index in [-0.39, 0.29) is 36.9 Å². The van der Waals surface area contributed by atoms with Gasteiger partial charge in [-0.25, -0.2) is 14.8 Å². The minimum absolute atomic E-state index is 0. The molecule has 27 heavy (non-hydrogen) atoms. The molecule has 0 amide bonds. The Kier molecular flexibility index (Phi) is 8.20. The Balaban J connectivity index is 0.00000182. The molecule has 0 fully saturated rings. The summed E-state index contributed by atoms with van der Waals surface area (Å²) in [5.74, 6) is 0. The minimum atomic E-state index is -3.68. The molecule has 0 unspecified atom stereocenters. The number of anilines is 2. The highest BCUT2D eigenvalue weighted by molar-refractivity contribution is 7.87. The molecule has 8 nitrogen and oxygen atoms in total. The Morgan fingerprint density at radius 1 is 1.11 bits per heavy atom. The molecule has 3 rings (SSSR count). The van der Waals surface area contributed by atoms with E-state index in [1.807, 2.05) is 30.3 Å². The average molecular weight is 432 g/mol. The topological polar surface area (TPSA) is 130 Å². The molecule has 2 aromatic heterocycles. The molecule has 0 saturated carbocycles. The van der Waals surface area contributed by atoms with Crippen molar-refractivity contribution >= 4 is 57.4 Å². The van der Waals surface area contributed by atoms with Crippen LogP contribution in [-0.4, -0.2) is 24.9 Å². The zero-order valence-corrected chi connectivity index (χ0v) is 16.5. The molecular formula is C16H19Cl2N5O3S. The fourth-order valence-corrected chi connectivity index (χ4v) is 2.85. The second-order valence-corrected chi connectivity index (χ2v) is 6.84. The highest BCUT2D eigenvalue weighted by Crippen LogP contribution is 2.23. The normalized spacial score (nSPS) is 10.7. The summed E-state index contributed by atoms with van der Waals surface area (Å²) >= 11 is 0. The van der Waals surface area contributed by atoms with E-state index in [4.69, 9.17) is 5.14 Å². The number of pyridine rings is 2. The molecule has 5 N–H and O–H groups in total. The summed E-state index contributed by atoms with van der Waals surface area (Å²) in [4.78, 5) is 18.2. The third kappa shape index (κ3) is 6.49. The summed E-state index contributed by atoms with van der Waals surface area (Å²) in [7, 11) is -3.68. The molecule has 0 radical (unpaired) electrons. The molecule has 2 heterocycles. The maximum absolute atomic E-state index is 11.4. The Labute approximate surface area is 168 Å². The molecule has 11 heteroatoms. The minimum Gasteiger partial charge on any atom is -0.355 e. The molecule has 0 aliphatic rings. The van der Waals surface area contributed by atoms with Crippen molar-refractivity contribution in [2.24, 2.45) is 5.14 Å². The van der Waals surface area contributed by atoms with Gasteiger partial charge < -0.3 is 10.3 Å². The van der Waals surface area contributed by atoms with Crippen LogP contribution >= 0.6 is 24.8 Å². The number of hydrogen-bond donors (Lipinski definition) is 4. The summed E-state index contributed by atoms with van der Waals surface area (Å²) in [5.41, 5.74) is 2.90. The van der Waals surface area contributed by atoms with E-state index in [1.165, 1.54) is 6.07 Å². The average Bonchev–Trinajstić information content (AvgIpc) is 2.54.